The van der Waals surface area contributed by atoms with Gasteiger partial charge in [-0.2, -0.15) is 0 Å². The zero-order valence-corrected chi connectivity index (χ0v) is 15.6. The van der Waals surface area contributed by atoms with Gasteiger partial charge in [-0.3, -0.25) is 4.79 Å². The van der Waals surface area contributed by atoms with Crippen LogP contribution in [0.25, 0.3) is 0 Å². The van der Waals surface area contributed by atoms with E-state index in [4.69, 9.17) is 25.8 Å². The highest BCUT2D eigenvalue weighted by Gasteiger charge is 2.21. The van der Waals surface area contributed by atoms with Gasteiger partial charge in [0.1, 0.15) is 5.75 Å². The highest BCUT2D eigenvalue weighted by atomic mass is 35.5. The Hall–Kier alpha value is -2.40. The van der Waals surface area contributed by atoms with Crippen molar-refractivity contribution in [3.63, 3.8) is 0 Å². The molecule has 3 rings (SSSR count). The van der Waals surface area contributed by atoms with Gasteiger partial charge in [0, 0.05) is 11.6 Å². The van der Waals surface area contributed by atoms with E-state index < -0.39 is 6.10 Å². The summed E-state index contributed by atoms with van der Waals surface area (Å²) in [4.78, 5) is 12.6. The lowest BCUT2D eigenvalue weighted by atomic mass is 10.1. The minimum absolute atomic E-state index is 0.140. The molecular formula is C20H22ClNO4. The van der Waals surface area contributed by atoms with Gasteiger partial charge in [-0.05, 0) is 54.8 Å². The maximum atomic E-state index is 12.6. The van der Waals surface area contributed by atoms with Crippen LogP contribution in [0.5, 0.6) is 17.2 Å². The fourth-order valence-corrected chi connectivity index (χ4v) is 2.98. The Morgan fingerprint density at radius 3 is 2.81 bits per heavy atom. The Morgan fingerprint density at radius 1 is 1.23 bits per heavy atom. The van der Waals surface area contributed by atoms with Gasteiger partial charge in [-0.15, -0.1) is 0 Å². The second kappa shape index (κ2) is 8.32. The fourth-order valence-electron chi connectivity index (χ4n) is 2.76. The van der Waals surface area contributed by atoms with Crippen molar-refractivity contribution >= 4 is 17.5 Å². The van der Waals surface area contributed by atoms with E-state index in [1.54, 1.807) is 12.1 Å². The van der Waals surface area contributed by atoms with E-state index in [9.17, 15) is 4.79 Å². The zero-order chi connectivity index (χ0) is 18.5. The lowest BCUT2D eigenvalue weighted by Gasteiger charge is -2.19. The number of halogens is 1. The molecule has 6 heteroatoms. The molecule has 2 aromatic carbocycles. The van der Waals surface area contributed by atoms with Crippen molar-refractivity contribution in [1.29, 1.82) is 0 Å². The van der Waals surface area contributed by atoms with Crippen LogP contribution in [0.3, 0.4) is 0 Å². The van der Waals surface area contributed by atoms with Crippen molar-refractivity contribution in [1.82, 2.24) is 5.32 Å². The summed E-state index contributed by atoms with van der Waals surface area (Å²) in [5.41, 5.74) is 1.85. The first-order chi connectivity index (χ1) is 12.6. The second-order valence-electron chi connectivity index (χ2n) is 6.21. The summed E-state index contributed by atoms with van der Waals surface area (Å²) in [6, 6.07) is 11.0. The molecule has 0 fully saturated rings. The van der Waals surface area contributed by atoms with Crippen LogP contribution in [0.15, 0.2) is 36.4 Å². The molecule has 0 saturated heterocycles. The van der Waals surface area contributed by atoms with Crippen LogP contribution in [0, 0.1) is 6.92 Å². The molecule has 0 aliphatic carbocycles. The van der Waals surface area contributed by atoms with Gasteiger partial charge < -0.3 is 19.5 Å². The monoisotopic (exact) mass is 375 g/mol. The van der Waals surface area contributed by atoms with Crippen LogP contribution in [0.2, 0.25) is 5.02 Å². The van der Waals surface area contributed by atoms with E-state index >= 15 is 0 Å². The Kier molecular flexibility index (Phi) is 5.89. The van der Waals surface area contributed by atoms with Crippen LogP contribution < -0.4 is 19.5 Å². The Labute approximate surface area is 158 Å². The highest BCUT2D eigenvalue weighted by molar-refractivity contribution is 6.30. The first-order valence-corrected chi connectivity index (χ1v) is 9.03. The number of rotatable bonds is 7. The number of carbonyl (C=O) groups is 1. The Balaban J connectivity index is 1.63. The number of ether oxygens (including phenoxy) is 3. The SMILES string of the molecule is CCCC(Oc1ccc(Cl)cc1C)C(=O)NCc1ccc2c(c1)OCO2. The van der Waals surface area contributed by atoms with E-state index in [2.05, 4.69) is 5.32 Å². The van der Waals surface area contributed by atoms with Crippen molar-refractivity contribution in [3.8, 4) is 17.2 Å². The Bertz CT molecular complexity index is 793. The third-order valence-corrected chi connectivity index (χ3v) is 4.39. The summed E-state index contributed by atoms with van der Waals surface area (Å²) < 4.78 is 16.6. The smallest absolute Gasteiger partial charge is 0.261 e. The quantitative estimate of drug-likeness (QED) is 0.786. The predicted molar refractivity (Wildman–Crippen MR) is 99.9 cm³/mol. The van der Waals surface area contributed by atoms with E-state index in [0.717, 1.165) is 23.3 Å². The van der Waals surface area contributed by atoms with Crippen molar-refractivity contribution < 1.29 is 19.0 Å². The van der Waals surface area contributed by atoms with Crippen molar-refractivity contribution in [3.05, 3.63) is 52.5 Å². The van der Waals surface area contributed by atoms with Crippen LogP contribution >= 0.6 is 11.6 Å². The van der Waals surface area contributed by atoms with Crippen LogP contribution in [-0.4, -0.2) is 18.8 Å². The molecule has 2 aromatic rings. The number of fused-ring (bicyclic) bond motifs is 1. The molecule has 1 unspecified atom stereocenters. The van der Waals surface area contributed by atoms with Crippen molar-refractivity contribution in [2.45, 2.75) is 39.3 Å². The second-order valence-corrected chi connectivity index (χ2v) is 6.65. The maximum Gasteiger partial charge on any atom is 0.261 e. The summed E-state index contributed by atoms with van der Waals surface area (Å²) in [5, 5.41) is 3.59. The molecule has 0 radical (unpaired) electrons. The number of benzene rings is 2. The number of hydrogen-bond donors (Lipinski definition) is 1. The summed E-state index contributed by atoms with van der Waals surface area (Å²) in [6.45, 7) is 4.57. The molecule has 26 heavy (non-hydrogen) atoms. The summed E-state index contributed by atoms with van der Waals surface area (Å²) in [5.74, 6) is 1.96. The number of carbonyl (C=O) groups excluding carboxylic acids is 1. The lowest BCUT2D eigenvalue weighted by Crippen LogP contribution is -2.38. The highest BCUT2D eigenvalue weighted by Crippen LogP contribution is 2.32. The van der Waals surface area contributed by atoms with Gasteiger partial charge in [-0.1, -0.05) is 31.0 Å². The third-order valence-electron chi connectivity index (χ3n) is 4.15. The van der Waals surface area contributed by atoms with Gasteiger partial charge in [0.25, 0.3) is 5.91 Å². The summed E-state index contributed by atoms with van der Waals surface area (Å²) in [6.07, 6.45) is 0.929. The molecule has 0 spiro atoms. The van der Waals surface area contributed by atoms with E-state index in [1.807, 2.05) is 38.1 Å². The van der Waals surface area contributed by atoms with Gasteiger partial charge >= 0.3 is 0 Å². The molecule has 0 aromatic heterocycles. The molecule has 1 aliphatic heterocycles. The summed E-state index contributed by atoms with van der Waals surface area (Å²) >= 11 is 5.98. The molecule has 1 atom stereocenters. The normalized spacial score (nSPS) is 13.3. The molecule has 0 saturated carbocycles. The average molecular weight is 376 g/mol. The zero-order valence-electron chi connectivity index (χ0n) is 14.9. The Morgan fingerprint density at radius 2 is 2.04 bits per heavy atom. The van der Waals surface area contributed by atoms with Crippen LogP contribution in [-0.2, 0) is 11.3 Å². The van der Waals surface area contributed by atoms with E-state index in [0.29, 0.717) is 29.5 Å². The summed E-state index contributed by atoms with van der Waals surface area (Å²) in [7, 11) is 0. The maximum absolute atomic E-state index is 12.6. The fraction of sp³-hybridized carbons (Fsp3) is 0.350. The molecule has 1 heterocycles. The largest absolute Gasteiger partial charge is 0.480 e. The standard InChI is InChI=1S/C20H22ClNO4/c1-3-4-18(26-16-8-6-15(21)9-13(16)2)20(23)22-11-14-5-7-17-19(10-14)25-12-24-17/h5-10,18H,3-4,11-12H2,1-2H3,(H,22,23). The van der Waals surface area contributed by atoms with E-state index in [1.165, 1.54) is 0 Å². The van der Waals surface area contributed by atoms with Gasteiger partial charge in [0.2, 0.25) is 6.79 Å². The molecular weight excluding hydrogens is 354 g/mol. The van der Waals surface area contributed by atoms with Gasteiger partial charge in [0.05, 0.1) is 0 Å². The third kappa shape index (κ3) is 4.41. The minimum Gasteiger partial charge on any atom is -0.480 e. The number of amides is 1. The van der Waals surface area contributed by atoms with Crippen molar-refractivity contribution in [2.75, 3.05) is 6.79 Å². The topological polar surface area (TPSA) is 56.8 Å². The molecule has 0 bridgehead atoms. The predicted octanol–water partition coefficient (Wildman–Crippen LogP) is 4.24. The molecule has 5 nitrogen and oxygen atoms in total. The lowest BCUT2D eigenvalue weighted by molar-refractivity contribution is -0.128. The number of nitrogens with one attached hydrogen (secondary N) is 1. The van der Waals surface area contributed by atoms with Crippen molar-refractivity contribution in [2.24, 2.45) is 0 Å². The van der Waals surface area contributed by atoms with E-state index in [-0.39, 0.29) is 12.7 Å². The molecule has 138 valence electrons. The molecule has 1 aliphatic rings. The molecule has 1 amide bonds. The minimum atomic E-state index is -0.547. The van der Waals surface area contributed by atoms with Gasteiger partial charge in [0.15, 0.2) is 17.6 Å². The first kappa shape index (κ1) is 18.4. The van der Waals surface area contributed by atoms with Crippen LogP contribution in [0.4, 0.5) is 0 Å². The van der Waals surface area contributed by atoms with Gasteiger partial charge in [-0.25, -0.2) is 0 Å². The van der Waals surface area contributed by atoms with Crippen LogP contribution in [0.1, 0.15) is 30.9 Å². The average Bonchev–Trinajstić information content (AvgIpc) is 3.09. The first-order valence-electron chi connectivity index (χ1n) is 8.66. The molecule has 1 N–H and O–H groups in total. The number of hydrogen-bond acceptors (Lipinski definition) is 4. The number of aryl methyl sites for hydroxylation is 1.